The molecule has 9 heteroatoms. The maximum atomic E-state index is 11.1. The number of hydrogen-bond donors (Lipinski definition) is 4. The van der Waals surface area contributed by atoms with E-state index in [9.17, 15) is 4.79 Å². The zero-order chi connectivity index (χ0) is 18.6. The average Bonchev–Trinajstić information content (AvgIpc) is 3.44. The minimum Gasteiger partial charge on any atom is -0.357 e. The SMILES string of the molecule is O=C(C=Cc1cn(C(Cc2ccn[nH]2)c2cc3ccccc3[nH]2)nn1)NO. The first-order valence-corrected chi connectivity index (χ1v) is 8.33. The van der Waals surface area contributed by atoms with Gasteiger partial charge in [0.15, 0.2) is 0 Å². The number of aromatic nitrogens is 6. The Balaban J connectivity index is 1.69. The number of para-hydroxylation sites is 1. The van der Waals surface area contributed by atoms with Crippen LogP contribution in [0.15, 0.2) is 54.9 Å². The molecular weight excluding hydrogens is 346 g/mol. The molecule has 0 saturated heterocycles. The number of carbonyl (C=O) groups is 1. The van der Waals surface area contributed by atoms with Gasteiger partial charge in [-0.3, -0.25) is 15.1 Å². The quantitative estimate of drug-likeness (QED) is 0.236. The summed E-state index contributed by atoms with van der Waals surface area (Å²) in [5, 5.41) is 25.0. The first kappa shape index (κ1) is 16.7. The number of rotatable bonds is 6. The molecule has 1 amide bonds. The van der Waals surface area contributed by atoms with Crippen LogP contribution in [0.2, 0.25) is 0 Å². The van der Waals surface area contributed by atoms with Gasteiger partial charge in [-0.2, -0.15) is 5.10 Å². The molecule has 0 aliphatic heterocycles. The van der Waals surface area contributed by atoms with Crippen LogP contribution in [0.4, 0.5) is 0 Å². The van der Waals surface area contributed by atoms with Crippen molar-refractivity contribution in [2.45, 2.75) is 12.5 Å². The van der Waals surface area contributed by atoms with Crippen LogP contribution in [0, 0.1) is 0 Å². The van der Waals surface area contributed by atoms with E-state index in [1.165, 1.54) is 17.6 Å². The van der Waals surface area contributed by atoms with E-state index >= 15 is 0 Å². The van der Waals surface area contributed by atoms with E-state index in [1.807, 2.05) is 30.3 Å². The van der Waals surface area contributed by atoms with Gasteiger partial charge in [0.25, 0.3) is 5.91 Å². The molecule has 1 aromatic carbocycles. The highest BCUT2D eigenvalue weighted by atomic mass is 16.5. The van der Waals surface area contributed by atoms with E-state index in [-0.39, 0.29) is 6.04 Å². The zero-order valence-corrected chi connectivity index (χ0v) is 14.2. The summed E-state index contributed by atoms with van der Waals surface area (Å²) >= 11 is 0. The second-order valence-electron chi connectivity index (χ2n) is 6.05. The zero-order valence-electron chi connectivity index (χ0n) is 14.2. The monoisotopic (exact) mass is 363 g/mol. The van der Waals surface area contributed by atoms with E-state index < -0.39 is 5.91 Å². The number of nitrogens with one attached hydrogen (secondary N) is 3. The highest BCUT2D eigenvalue weighted by Crippen LogP contribution is 2.25. The molecule has 136 valence electrons. The highest BCUT2D eigenvalue weighted by Gasteiger charge is 2.19. The Morgan fingerprint density at radius 2 is 2.22 bits per heavy atom. The molecule has 4 N–H and O–H groups in total. The van der Waals surface area contributed by atoms with Crippen molar-refractivity contribution in [3.63, 3.8) is 0 Å². The second-order valence-corrected chi connectivity index (χ2v) is 6.05. The van der Waals surface area contributed by atoms with Crippen LogP contribution in [-0.4, -0.2) is 41.3 Å². The van der Waals surface area contributed by atoms with E-state index in [1.54, 1.807) is 17.1 Å². The molecule has 0 fully saturated rings. The summed E-state index contributed by atoms with van der Waals surface area (Å²) < 4.78 is 1.74. The third kappa shape index (κ3) is 3.62. The second kappa shape index (κ2) is 7.26. The van der Waals surface area contributed by atoms with E-state index in [0.29, 0.717) is 12.1 Å². The van der Waals surface area contributed by atoms with Crippen LogP contribution in [0.5, 0.6) is 0 Å². The Labute approximate surface area is 153 Å². The average molecular weight is 363 g/mol. The van der Waals surface area contributed by atoms with Crippen LogP contribution in [0.25, 0.3) is 17.0 Å². The Bertz CT molecular complexity index is 1050. The van der Waals surface area contributed by atoms with Crippen LogP contribution in [-0.2, 0) is 11.2 Å². The van der Waals surface area contributed by atoms with Gasteiger partial charge in [-0.05, 0) is 29.7 Å². The first-order chi connectivity index (χ1) is 13.2. The van der Waals surface area contributed by atoms with Crippen molar-refractivity contribution in [3.8, 4) is 0 Å². The normalized spacial score (nSPS) is 12.6. The lowest BCUT2D eigenvalue weighted by molar-refractivity contribution is -0.124. The summed E-state index contributed by atoms with van der Waals surface area (Å²) in [5.41, 5.74) is 5.04. The predicted molar refractivity (Wildman–Crippen MR) is 97.7 cm³/mol. The summed E-state index contributed by atoms with van der Waals surface area (Å²) in [6, 6.07) is 11.9. The van der Waals surface area contributed by atoms with E-state index in [4.69, 9.17) is 5.21 Å². The predicted octanol–water partition coefficient (Wildman–Crippen LogP) is 1.83. The van der Waals surface area contributed by atoms with Crippen molar-refractivity contribution in [1.82, 2.24) is 35.7 Å². The smallest absolute Gasteiger partial charge is 0.267 e. The lowest BCUT2D eigenvalue weighted by atomic mass is 10.1. The standard InChI is InChI=1S/C18H17N7O2/c26-18(23-27)6-5-14-11-25(24-22-14)17(10-13-7-8-19-21-13)16-9-12-3-1-2-4-15(12)20-16/h1-9,11,17,20,27H,10H2,(H,19,21)(H,23,26). The summed E-state index contributed by atoms with van der Waals surface area (Å²) in [4.78, 5) is 14.6. The number of benzene rings is 1. The number of amides is 1. The number of hydrogen-bond acceptors (Lipinski definition) is 5. The molecule has 3 heterocycles. The van der Waals surface area contributed by atoms with Crippen LogP contribution in [0.3, 0.4) is 0 Å². The van der Waals surface area contributed by atoms with Crippen molar-refractivity contribution >= 4 is 22.9 Å². The molecule has 4 rings (SSSR count). The summed E-state index contributed by atoms with van der Waals surface area (Å²) in [6.07, 6.45) is 6.75. The minimum atomic E-state index is -0.630. The summed E-state index contributed by atoms with van der Waals surface area (Å²) in [5.74, 6) is -0.630. The highest BCUT2D eigenvalue weighted by molar-refractivity contribution is 5.90. The topological polar surface area (TPSA) is 125 Å². The lowest BCUT2D eigenvalue weighted by Gasteiger charge is -2.14. The first-order valence-electron chi connectivity index (χ1n) is 8.33. The number of hydroxylamine groups is 1. The number of fused-ring (bicyclic) bond motifs is 1. The molecule has 0 bridgehead atoms. The molecule has 1 unspecified atom stereocenters. The largest absolute Gasteiger partial charge is 0.357 e. The van der Waals surface area contributed by atoms with Crippen molar-refractivity contribution < 1.29 is 10.0 Å². The molecule has 0 radical (unpaired) electrons. The number of H-pyrrole nitrogens is 2. The Hall–Kier alpha value is -3.72. The molecule has 4 aromatic rings. The molecular formula is C18H17N7O2. The summed E-state index contributed by atoms with van der Waals surface area (Å²) in [7, 11) is 0. The maximum Gasteiger partial charge on any atom is 0.267 e. The fourth-order valence-electron chi connectivity index (χ4n) is 2.95. The maximum absolute atomic E-state index is 11.1. The van der Waals surface area contributed by atoms with Gasteiger partial charge < -0.3 is 4.98 Å². The van der Waals surface area contributed by atoms with Gasteiger partial charge in [0, 0.05) is 35.6 Å². The van der Waals surface area contributed by atoms with Gasteiger partial charge in [-0.1, -0.05) is 23.4 Å². The molecule has 1 atom stereocenters. The van der Waals surface area contributed by atoms with Gasteiger partial charge in [0.2, 0.25) is 0 Å². The third-order valence-corrected chi connectivity index (χ3v) is 4.24. The van der Waals surface area contributed by atoms with Crippen LogP contribution in [0.1, 0.15) is 23.1 Å². The Morgan fingerprint density at radius 1 is 1.33 bits per heavy atom. The van der Waals surface area contributed by atoms with Crippen LogP contribution >= 0.6 is 0 Å². The molecule has 0 aliphatic rings. The number of carbonyl (C=O) groups excluding carboxylic acids is 1. The number of aromatic amines is 2. The minimum absolute atomic E-state index is 0.140. The van der Waals surface area contributed by atoms with E-state index in [0.717, 1.165) is 22.3 Å². The van der Waals surface area contributed by atoms with Gasteiger partial charge >= 0.3 is 0 Å². The van der Waals surface area contributed by atoms with Crippen molar-refractivity contribution in [2.24, 2.45) is 0 Å². The van der Waals surface area contributed by atoms with Gasteiger partial charge in [0.05, 0.1) is 12.2 Å². The van der Waals surface area contributed by atoms with Crippen LogP contribution < -0.4 is 5.48 Å². The number of nitrogens with zero attached hydrogens (tertiary/aromatic N) is 4. The van der Waals surface area contributed by atoms with Crippen molar-refractivity contribution in [2.75, 3.05) is 0 Å². The van der Waals surface area contributed by atoms with Gasteiger partial charge in [-0.25, -0.2) is 10.2 Å². The summed E-state index contributed by atoms with van der Waals surface area (Å²) in [6.45, 7) is 0. The van der Waals surface area contributed by atoms with Gasteiger partial charge in [0.1, 0.15) is 5.69 Å². The molecule has 0 saturated carbocycles. The molecule has 0 aliphatic carbocycles. The molecule has 9 nitrogen and oxygen atoms in total. The third-order valence-electron chi connectivity index (χ3n) is 4.24. The molecule has 0 spiro atoms. The molecule has 27 heavy (non-hydrogen) atoms. The van der Waals surface area contributed by atoms with Crippen molar-refractivity contribution in [3.05, 3.63) is 71.9 Å². The lowest BCUT2D eigenvalue weighted by Crippen LogP contribution is -2.15. The fourth-order valence-corrected chi connectivity index (χ4v) is 2.95. The fraction of sp³-hybridized carbons (Fsp3) is 0.111. The van der Waals surface area contributed by atoms with E-state index in [2.05, 4.69) is 31.6 Å². The molecule has 3 aromatic heterocycles. The van der Waals surface area contributed by atoms with Gasteiger partial charge in [-0.15, -0.1) is 5.10 Å². The Kier molecular flexibility index (Phi) is 4.50. The Morgan fingerprint density at radius 3 is 3.00 bits per heavy atom. The van der Waals surface area contributed by atoms with Crippen molar-refractivity contribution in [1.29, 1.82) is 0 Å².